The molecule has 2 rings (SSSR count). The molecule has 5 nitrogen and oxygen atoms in total. The summed E-state index contributed by atoms with van der Waals surface area (Å²) >= 11 is 0. The Hall–Kier alpha value is -1.26. The summed E-state index contributed by atoms with van der Waals surface area (Å²) in [5.41, 5.74) is -0.445. The third kappa shape index (κ3) is 5.40. The Balaban J connectivity index is 1.73. The van der Waals surface area contributed by atoms with Crippen molar-refractivity contribution in [1.29, 1.82) is 0 Å². The summed E-state index contributed by atoms with van der Waals surface area (Å²) in [5.74, 6) is 1.54. The quantitative estimate of drug-likeness (QED) is 0.798. The summed E-state index contributed by atoms with van der Waals surface area (Å²) < 4.78 is 5.42. The van der Waals surface area contributed by atoms with Gasteiger partial charge >= 0.3 is 6.09 Å². The van der Waals surface area contributed by atoms with Crippen molar-refractivity contribution in [2.24, 2.45) is 17.8 Å². The van der Waals surface area contributed by atoms with Gasteiger partial charge in [0.15, 0.2) is 0 Å². The minimum atomic E-state index is -0.445. The Morgan fingerprint density at radius 3 is 2.22 bits per heavy atom. The number of rotatable bonds is 4. The van der Waals surface area contributed by atoms with Gasteiger partial charge in [-0.2, -0.15) is 0 Å². The van der Waals surface area contributed by atoms with E-state index >= 15 is 0 Å². The molecule has 0 radical (unpaired) electrons. The lowest BCUT2D eigenvalue weighted by Gasteiger charge is -2.35. The molecule has 2 fully saturated rings. The van der Waals surface area contributed by atoms with Crippen molar-refractivity contribution in [3.63, 3.8) is 0 Å². The molecule has 1 heterocycles. The third-order valence-corrected chi connectivity index (χ3v) is 4.89. The van der Waals surface area contributed by atoms with E-state index in [4.69, 9.17) is 4.74 Å². The molecular weight excluding hydrogens is 292 g/mol. The van der Waals surface area contributed by atoms with Gasteiger partial charge in [0.25, 0.3) is 0 Å². The molecule has 132 valence electrons. The van der Waals surface area contributed by atoms with E-state index in [1.807, 2.05) is 32.7 Å². The molecule has 1 saturated carbocycles. The molecule has 23 heavy (non-hydrogen) atoms. The standard InChI is InChI=1S/C18H32N2O3/c1-13(15-6-7-15)16(21)19(5)12-14-8-10-20(11-9-14)17(22)23-18(2,3)4/h13-15H,6-12H2,1-5H3. The second kappa shape index (κ2) is 7.10. The zero-order valence-electron chi connectivity index (χ0n) is 15.3. The van der Waals surface area contributed by atoms with Gasteiger partial charge in [0, 0.05) is 32.6 Å². The first-order chi connectivity index (χ1) is 10.7. The highest BCUT2D eigenvalue weighted by Crippen LogP contribution is 2.37. The smallest absolute Gasteiger partial charge is 0.410 e. The molecule has 2 amide bonds. The van der Waals surface area contributed by atoms with Crippen molar-refractivity contribution in [2.45, 2.75) is 59.0 Å². The summed E-state index contributed by atoms with van der Waals surface area (Å²) in [4.78, 5) is 28.1. The zero-order valence-corrected chi connectivity index (χ0v) is 15.3. The van der Waals surface area contributed by atoms with E-state index < -0.39 is 5.60 Å². The third-order valence-electron chi connectivity index (χ3n) is 4.89. The zero-order chi connectivity index (χ0) is 17.2. The van der Waals surface area contributed by atoms with Crippen molar-refractivity contribution in [1.82, 2.24) is 9.80 Å². The molecule has 0 N–H and O–H groups in total. The first-order valence-corrected chi connectivity index (χ1v) is 8.90. The molecule has 0 aromatic carbocycles. The second-order valence-electron chi connectivity index (χ2n) is 8.26. The van der Waals surface area contributed by atoms with Gasteiger partial charge in [-0.15, -0.1) is 0 Å². The number of nitrogens with zero attached hydrogens (tertiary/aromatic N) is 2. The second-order valence-corrected chi connectivity index (χ2v) is 8.26. The maximum absolute atomic E-state index is 12.4. The number of carbonyl (C=O) groups is 2. The summed E-state index contributed by atoms with van der Waals surface area (Å²) in [6, 6.07) is 0. The van der Waals surface area contributed by atoms with Crippen molar-refractivity contribution in [3.05, 3.63) is 0 Å². The predicted octanol–water partition coefficient (Wildman–Crippen LogP) is 3.14. The summed E-state index contributed by atoms with van der Waals surface area (Å²) in [5, 5.41) is 0. The van der Waals surface area contributed by atoms with Crippen LogP contribution in [0.4, 0.5) is 4.79 Å². The number of hydrogen-bond donors (Lipinski definition) is 0. The Morgan fingerprint density at radius 1 is 1.17 bits per heavy atom. The first-order valence-electron chi connectivity index (χ1n) is 8.90. The molecule has 1 unspecified atom stereocenters. The van der Waals surface area contributed by atoms with Crippen molar-refractivity contribution in [3.8, 4) is 0 Å². The number of likely N-dealkylation sites (tertiary alicyclic amines) is 1. The highest BCUT2D eigenvalue weighted by molar-refractivity contribution is 5.78. The lowest BCUT2D eigenvalue weighted by Crippen LogP contribution is -2.44. The number of hydrogen-bond acceptors (Lipinski definition) is 3. The number of piperidine rings is 1. The maximum atomic E-state index is 12.4. The molecule has 0 aromatic heterocycles. The predicted molar refractivity (Wildman–Crippen MR) is 90.1 cm³/mol. The lowest BCUT2D eigenvalue weighted by atomic mass is 9.95. The van der Waals surface area contributed by atoms with Crippen molar-refractivity contribution >= 4 is 12.0 Å². The maximum Gasteiger partial charge on any atom is 0.410 e. The highest BCUT2D eigenvalue weighted by Gasteiger charge is 2.35. The Bertz CT molecular complexity index is 432. The topological polar surface area (TPSA) is 49.9 Å². The van der Waals surface area contributed by atoms with Crippen LogP contribution in [0, 0.1) is 17.8 Å². The fraction of sp³-hybridized carbons (Fsp3) is 0.889. The van der Waals surface area contributed by atoms with Gasteiger partial charge < -0.3 is 14.5 Å². The minimum absolute atomic E-state index is 0.168. The van der Waals surface area contributed by atoms with Crippen molar-refractivity contribution < 1.29 is 14.3 Å². The number of ether oxygens (including phenoxy) is 1. The summed E-state index contributed by atoms with van der Waals surface area (Å²) in [7, 11) is 1.92. The van der Waals surface area contributed by atoms with Gasteiger partial charge in [-0.05, 0) is 58.3 Å². The molecule has 1 aliphatic carbocycles. The SMILES string of the molecule is CC(C(=O)N(C)CC1CCN(C(=O)OC(C)(C)C)CC1)C1CC1. The molecule has 1 aliphatic heterocycles. The van der Waals surface area contributed by atoms with Crippen LogP contribution in [-0.2, 0) is 9.53 Å². The summed E-state index contributed by atoms with van der Waals surface area (Å²) in [6.07, 6.45) is 4.07. The van der Waals surface area contributed by atoms with Gasteiger partial charge in [-0.1, -0.05) is 6.92 Å². The van der Waals surface area contributed by atoms with E-state index in [9.17, 15) is 9.59 Å². The van der Waals surface area contributed by atoms with E-state index in [1.165, 1.54) is 12.8 Å². The van der Waals surface area contributed by atoms with Crippen LogP contribution in [0.3, 0.4) is 0 Å². The normalized spacial score (nSPS) is 21.0. The Morgan fingerprint density at radius 2 is 1.74 bits per heavy atom. The lowest BCUT2D eigenvalue weighted by molar-refractivity contribution is -0.135. The molecule has 2 aliphatic rings. The van der Waals surface area contributed by atoms with Gasteiger partial charge in [0.1, 0.15) is 5.60 Å². The van der Waals surface area contributed by atoms with E-state index in [0.29, 0.717) is 11.8 Å². The van der Waals surface area contributed by atoms with E-state index in [1.54, 1.807) is 4.90 Å². The van der Waals surface area contributed by atoms with Crippen LogP contribution in [0.1, 0.15) is 53.4 Å². The van der Waals surface area contributed by atoms with Crippen LogP contribution in [0.2, 0.25) is 0 Å². The van der Waals surface area contributed by atoms with Gasteiger partial charge in [0.2, 0.25) is 5.91 Å². The molecule has 0 spiro atoms. The molecule has 1 saturated heterocycles. The fourth-order valence-electron chi connectivity index (χ4n) is 3.25. The average molecular weight is 324 g/mol. The average Bonchev–Trinajstić information content (AvgIpc) is 3.29. The largest absolute Gasteiger partial charge is 0.444 e. The van der Waals surface area contributed by atoms with Crippen LogP contribution in [0.5, 0.6) is 0 Å². The fourth-order valence-corrected chi connectivity index (χ4v) is 3.25. The molecule has 1 atom stereocenters. The number of amides is 2. The number of carbonyl (C=O) groups excluding carboxylic acids is 2. The first kappa shape index (κ1) is 18.1. The van der Waals surface area contributed by atoms with Crippen LogP contribution >= 0.6 is 0 Å². The van der Waals surface area contributed by atoms with Crippen LogP contribution in [0.25, 0.3) is 0 Å². The van der Waals surface area contributed by atoms with Crippen molar-refractivity contribution in [2.75, 3.05) is 26.7 Å². The molecular formula is C18H32N2O3. The summed E-state index contributed by atoms with van der Waals surface area (Å²) in [6.45, 7) is 9.97. The van der Waals surface area contributed by atoms with Gasteiger partial charge in [0.05, 0.1) is 0 Å². The van der Waals surface area contributed by atoms with E-state index in [2.05, 4.69) is 6.92 Å². The molecule has 0 aromatic rings. The highest BCUT2D eigenvalue weighted by atomic mass is 16.6. The Labute approximate surface area is 140 Å². The minimum Gasteiger partial charge on any atom is -0.444 e. The van der Waals surface area contributed by atoms with Gasteiger partial charge in [-0.25, -0.2) is 4.79 Å². The van der Waals surface area contributed by atoms with Gasteiger partial charge in [-0.3, -0.25) is 4.79 Å². The van der Waals surface area contributed by atoms with E-state index in [-0.39, 0.29) is 17.9 Å². The van der Waals surface area contributed by atoms with Crippen LogP contribution < -0.4 is 0 Å². The monoisotopic (exact) mass is 324 g/mol. The van der Waals surface area contributed by atoms with Crippen LogP contribution in [-0.4, -0.2) is 54.1 Å². The van der Waals surface area contributed by atoms with E-state index in [0.717, 1.165) is 32.5 Å². The molecule has 5 heteroatoms. The Kier molecular flexibility index (Phi) is 5.58. The van der Waals surface area contributed by atoms with Crippen LogP contribution in [0.15, 0.2) is 0 Å². The molecule has 0 bridgehead atoms.